The molecule has 1 amide bonds. The lowest BCUT2D eigenvalue weighted by Crippen LogP contribution is -2.17. The summed E-state index contributed by atoms with van der Waals surface area (Å²) in [5.74, 6) is -0.340. The van der Waals surface area contributed by atoms with Crippen molar-refractivity contribution in [1.29, 1.82) is 0 Å². The Hall–Kier alpha value is -1.60. The molecule has 0 aromatic carbocycles. The van der Waals surface area contributed by atoms with E-state index in [0.717, 1.165) is 0 Å². The van der Waals surface area contributed by atoms with Crippen LogP contribution in [0.1, 0.15) is 23.1 Å². The van der Waals surface area contributed by atoms with Crippen LogP contribution < -0.4 is 11.1 Å². The van der Waals surface area contributed by atoms with Crippen LogP contribution in [0.2, 0.25) is 5.15 Å². The molecule has 2 aromatic heterocycles. The van der Waals surface area contributed by atoms with Crippen molar-refractivity contribution in [3.05, 3.63) is 33.3 Å². The van der Waals surface area contributed by atoms with E-state index >= 15 is 0 Å². The van der Waals surface area contributed by atoms with E-state index in [9.17, 15) is 4.79 Å². The van der Waals surface area contributed by atoms with Gasteiger partial charge in [0, 0.05) is 7.05 Å². The van der Waals surface area contributed by atoms with E-state index in [4.69, 9.17) is 17.3 Å². The van der Waals surface area contributed by atoms with Crippen molar-refractivity contribution >= 4 is 44.8 Å². The first-order chi connectivity index (χ1) is 9.43. The Kier molecular flexibility index (Phi) is 4.29. The summed E-state index contributed by atoms with van der Waals surface area (Å²) in [6.07, 6.45) is 2.14. The van der Waals surface area contributed by atoms with Gasteiger partial charge in [0.25, 0.3) is 5.91 Å². The first kappa shape index (κ1) is 14.8. The Bertz CT molecular complexity index is 670. The largest absolute Gasteiger partial charge is 0.395 e. The highest BCUT2D eigenvalue weighted by Gasteiger charge is 2.19. The third-order valence-electron chi connectivity index (χ3n) is 2.76. The molecule has 3 N–H and O–H groups in total. The van der Waals surface area contributed by atoms with Crippen molar-refractivity contribution in [1.82, 2.24) is 14.8 Å². The Balaban J connectivity index is 2.28. The highest BCUT2D eigenvalue weighted by molar-refractivity contribution is 9.10. The fraction of sp³-hybridized carbons (Fsp3) is 0.250. The molecule has 0 fully saturated rings. The van der Waals surface area contributed by atoms with Crippen LogP contribution in [0.5, 0.6) is 0 Å². The number of anilines is 2. The average Bonchev–Trinajstić information content (AvgIpc) is 2.68. The van der Waals surface area contributed by atoms with Crippen molar-refractivity contribution in [2.45, 2.75) is 13.3 Å². The summed E-state index contributed by atoms with van der Waals surface area (Å²) in [5, 5.41) is 7.25. The zero-order valence-corrected chi connectivity index (χ0v) is 13.3. The number of nitrogens with one attached hydrogen (secondary N) is 1. The van der Waals surface area contributed by atoms with Crippen LogP contribution in [-0.4, -0.2) is 20.7 Å². The maximum Gasteiger partial charge on any atom is 0.276 e. The second-order valence-corrected chi connectivity index (χ2v) is 5.35. The predicted octanol–water partition coefficient (Wildman–Crippen LogP) is 2.63. The monoisotopic (exact) mass is 357 g/mol. The molecule has 20 heavy (non-hydrogen) atoms. The van der Waals surface area contributed by atoms with Gasteiger partial charge in [0.05, 0.1) is 27.7 Å². The number of rotatable bonds is 3. The molecule has 0 unspecified atom stereocenters. The molecule has 8 heteroatoms. The molecule has 106 valence electrons. The number of carbonyl (C=O) groups excluding carboxylic acids is 1. The van der Waals surface area contributed by atoms with Gasteiger partial charge in [-0.3, -0.25) is 9.48 Å². The Morgan fingerprint density at radius 1 is 1.60 bits per heavy atom. The van der Waals surface area contributed by atoms with Gasteiger partial charge in [-0.1, -0.05) is 18.5 Å². The van der Waals surface area contributed by atoms with Crippen molar-refractivity contribution in [3.63, 3.8) is 0 Å². The van der Waals surface area contributed by atoms with Crippen molar-refractivity contribution in [2.24, 2.45) is 7.05 Å². The van der Waals surface area contributed by atoms with E-state index in [0.29, 0.717) is 38.8 Å². The van der Waals surface area contributed by atoms with E-state index in [-0.39, 0.29) is 5.91 Å². The number of carbonyl (C=O) groups is 1. The standard InChI is InChI=1S/C12H13BrClN5O/c1-3-8-9(15)10(19(2)18-8)12(20)17-6-4-7(13)11(14)16-5-6/h4-5H,3,15H2,1-2H3,(H,17,20). The van der Waals surface area contributed by atoms with Gasteiger partial charge >= 0.3 is 0 Å². The number of nitrogen functional groups attached to an aromatic ring is 1. The summed E-state index contributed by atoms with van der Waals surface area (Å²) in [7, 11) is 1.68. The predicted molar refractivity (Wildman–Crippen MR) is 81.9 cm³/mol. The van der Waals surface area contributed by atoms with Gasteiger partial charge in [-0.2, -0.15) is 5.10 Å². The molecule has 0 saturated heterocycles. The summed E-state index contributed by atoms with van der Waals surface area (Å²) >= 11 is 9.05. The summed E-state index contributed by atoms with van der Waals surface area (Å²) in [6.45, 7) is 1.93. The molecule has 0 saturated carbocycles. The molecule has 2 aromatic rings. The van der Waals surface area contributed by atoms with Crippen molar-refractivity contribution in [3.8, 4) is 0 Å². The zero-order valence-electron chi connectivity index (χ0n) is 10.9. The SMILES string of the molecule is CCc1nn(C)c(C(=O)Nc2cnc(Cl)c(Br)c2)c1N. The molecule has 0 spiro atoms. The van der Waals surface area contributed by atoms with Gasteiger partial charge in [0.2, 0.25) is 0 Å². The van der Waals surface area contributed by atoms with Crippen LogP contribution in [0.15, 0.2) is 16.7 Å². The maximum absolute atomic E-state index is 12.3. The van der Waals surface area contributed by atoms with E-state index in [2.05, 4.69) is 31.3 Å². The molecule has 2 heterocycles. The molecule has 0 aliphatic rings. The third kappa shape index (κ3) is 2.78. The fourth-order valence-corrected chi connectivity index (χ4v) is 2.26. The van der Waals surface area contributed by atoms with E-state index in [1.807, 2.05) is 6.92 Å². The maximum atomic E-state index is 12.3. The quantitative estimate of drug-likeness (QED) is 0.826. The molecule has 0 bridgehead atoms. The number of hydrogen-bond donors (Lipinski definition) is 2. The van der Waals surface area contributed by atoms with Crippen LogP contribution >= 0.6 is 27.5 Å². The van der Waals surface area contributed by atoms with Crippen LogP contribution in [0.3, 0.4) is 0 Å². The summed E-state index contributed by atoms with van der Waals surface area (Å²) in [5.41, 5.74) is 7.88. The van der Waals surface area contributed by atoms with Crippen molar-refractivity contribution in [2.75, 3.05) is 11.1 Å². The number of aryl methyl sites for hydroxylation is 2. The average molecular weight is 359 g/mol. The summed E-state index contributed by atoms with van der Waals surface area (Å²) < 4.78 is 2.08. The molecule has 0 aliphatic heterocycles. The number of aromatic nitrogens is 3. The van der Waals surface area contributed by atoms with E-state index in [1.165, 1.54) is 10.9 Å². The van der Waals surface area contributed by atoms with Gasteiger partial charge in [-0.05, 0) is 28.4 Å². The van der Waals surface area contributed by atoms with Gasteiger partial charge in [0.1, 0.15) is 10.8 Å². The highest BCUT2D eigenvalue weighted by atomic mass is 79.9. The zero-order chi connectivity index (χ0) is 14.9. The van der Waals surface area contributed by atoms with Crippen LogP contribution in [0, 0.1) is 0 Å². The third-order valence-corrected chi connectivity index (χ3v) is 3.90. The first-order valence-electron chi connectivity index (χ1n) is 5.87. The Labute approximate surface area is 129 Å². The van der Waals surface area contributed by atoms with Gasteiger partial charge in [-0.25, -0.2) is 4.98 Å². The fourth-order valence-electron chi connectivity index (χ4n) is 1.81. The van der Waals surface area contributed by atoms with Crippen LogP contribution in [-0.2, 0) is 13.5 Å². The van der Waals surface area contributed by atoms with Crippen LogP contribution in [0.4, 0.5) is 11.4 Å². The van der Waals surface area contributed by atoms with E-state index < -0.39 is 0 Å². The van der Waals surface area contributed by atoms with Gasteiger partial charge in [0.15, 0.2) is 0 Å². The first-order valence-corrected chi connectivity index (χ1v) is 7.04. The molecule has 6 nitrogen and oxygen atoms in total. The highest BCUT2D eigenvalue weighted by Crippen LogP contribution is 2.24. The lowest BCUT2D eigenvalue weighted by Gasteiger charge is -2.07. The lowest BCUT2D eigenvalue weighted by atomic mass is 10.2. The Morgan fingerprint density at radius 3 is 2.85 bits per heavy atom. The topological polar surface area (TPSA) is 85.8 Å². The summed E-state index contributed by atoms with van der Waals surface area (Å²) in [4.78, 5) is 16.2. The lowest BCUT2D eigenvalue weighted by molar-refractivity contribution is 0.101. The minimum absolute atomic E-state index is 0.327. The minimum atomic E-state index is -0.340. The number of nitrogens with two attached hydrogens (primary N) is 1. The molecule has 0 aliphatic carbocycles. The molecular weight excluding hydrogens is 346 g/mol. The number of pyridine rings is 1. The number of nitrogens with zero attached hydrogens (tertiary/aromatic N) is 3. The molecule has 2 rings (SSSR count). The number of amides is 1. The molecule has 0 radical (unpaired) electrons. The van der Waals surface area contributed by atoms with E-state index in [1.54, 1.807) is 13.1 Å². The second kappa shape index (κ2) is 5.80. The normalized spacial score (nSPS) is 10.6. The number of halogens is 2. The smallest absolute Gasteiger partial charge is 0.276 e. The second-order valence-electron chi connectivity index (χ2n) is 4.14. The summed E-state index contributed by atoms with van der Waals surface area (Å²) in [6, 6.07) is 1.67. The van der Waals surface area contributed by atoms with Crippen molar-refractivity contribution < 1.29 is 4.79 Å². The Morgan fingerprint density at radius 2 is 2.30 bits per heavy atom. The van der Waals surface area contributed by atoms with Gasteiger partial charge < -0.3 is 11.1 Å². The number of hydrogen-bond acceptors (Lipinski definition) is 4. The molecular formula is C12H13BrClN5O. The van der Waals surface area contributed by atoms with Gasteiger partial charge in [-0.15, -0.1) is 0 Å². The minimum Gasteiger partial charge on any atom is -0.395 e. The molecule has 0 atom stereocenters. The van der Waals surface area contributed by atoms with Crippen LogP contribution in [0.25, 0.3) is 0 Å².